The molecule has 2 heterocycles. The lowest BCUT2D eigenvalue weighted by atomic mass is 10.2. The van der Waals surface area contributed by atoms with Gasteiger partial charge in [0, 0.05) is 6.54 Å². The van der Waals surface area contributed by atoms with E-state index in [-0.39, 0.29) is 0 Å². The largest absolute Gasteiger partial charge is 0.311 e. The number of nitrogens with one attached hydrogen (secondary N) is 1. The van der Waals surface area contributed by atoms with Crippen LogP contribution in [0.15, 0.2) is 12.3 Å². The van der Waals surface area contributed by atoms with Crippen LogP contribution in [-0.4, -0.2) is 30.3 Å². The monoisotopic (exact) mass is 328 g/mol. The van der Waals surface area contributed by atoms with Crippen molar-refractivity contribution < 1.29 is 0 Å². The summed E-state index contributed by atoms with van der Waals surface area (Å²) in [7, 11) is 0. The van der Waals surface area contributed by atoms with Crippen LogP contribution in [0.3, 0.4) is 0 Å². The molecule has 0 unspecified atom stereocenters. The number of hydrogen-bond acceptors (Lipinski definition) is 6. The van der Waals surface area contributed by atoms with Crippen LogP contribution < -0.4 is 5.32 Å². The van der Waals surface area contributed by atoms with Crippen LogP contribution in [0.1, 0.15) is 12.6 Å². The van der Waals surface area contributed by atoms with Crippen LogP contribution in [0.2, 0.25) is 10.0 Å². The highest BCUT2D eigenvalue weighted by Crippen LogP contribution is 2.33. The van der Waals surface area contributed by atoms with Crippen molar-refractivity contribution in [2.24, 2.45) is 0 Å². The first-order valence-electron chi connectivity index (χ1n) is 5.93. The summed E-state index contributed by atoms with van der Waals surface area (Å²) in [5, 5.41) is 12.3. The van der Waals surface area contributed by atoms with E-state index in [2.05, 4.69) is 24.4 Å². The highest BCUT2D eigenvalue weighted by Gasteiger charge is 2.16. The van der Waals surface area contributed by atoms with Gasteiger partial charge in [-0.25, -0.2) is 4.68 Å². The van der Waals surface area contributed by atoms with Crippen molar-refractivity contribution in [2.45, 2.75) is 13.5 Å². The van der Waals surface area contributed by atoms with Crippen LogP contribution in [0.4, 0.5) is 0 Å². The number of aromatic nitrogens is 5. The highest BCUT2D eigenvalue weighted by molar-refractivity contribution is 7.00. The summed E-state index contributed by atoms with van der Waals surface area (Å²) in [6.45, 7) is 3.56. The average Bonchev–Trinajstić information content (AvgIpc) is 3.05. The molecule has 20 heavy (non-hydrogen) atoms. The van der Waals surface area contributed by atoms with Gasteiger partial charge in [0.2, 0.25) is 0 Å². The zero-order valence-corrected chi connectivity index (χ0v) is 12.8. The third kappa shape index (κ3) is 2.37. The predicted molar refractivity (Wildman–Crippen MR) is 79.7 cm³/mol. The molecule has 0 aliphatic heterocycles. The Balaban J connectivity index is 2.09. The van der Waals surface area contributed by atoms with E-state index in [4.69, 9.17) is 23.2 Å². The van der Waals surface area contributed by atoms with Gasteiger partial charge in [-0.2, -0.15) is 8.75 Å². The molecule has 1 N–H and O–H groups in total. The Morgan fingerprint density at radius 3 is 2.85 bits per heavy atom. The highest BCUT2D eigenvalue weighted by atomic mass is 35.5. The lowest BCUT2D eigenvalue weighted by Gasteiger charge is -2.04. The minimum absolute atomic E-state index is 0.468. The first-order valence-corrected chi connectivity index (χ1v) is 7.42. The van der Waals surface area contributed by atoms with Gasteiger partial charge in [-0.05, 0) is 12.6 Å². The normalized spacial score (nSPS) is 11.3. The quantitative estimate of drug-likeness (QED) is 0.797. The number of halogens is 2. The van der Waals surface area contributed by atoms with Crippen LogP contribution in [0, 0.1) is 0 Å². The molecule has 0 aliphatic rings. The van der Waals surface area contributed by atoms with E-state index in [9.17, 15) is 0 Å². The van der Waals surface area contributed by atoms with Gasteiger partial charge in [-0.3, -0.25) is 0 Å². The molecular weight excluding hydrogens is 319 g/mol. The van der Waals surface area contributed by atoms with Crippen molar-refractivity contribution in [2.75, 3.05) is 6.54 Å². The molecule has 3 aromatic rings. The van der Waals surface area contributed by atoms with E-state index in [1.807, 2.05) is 13.1 Å². The Bertz CT molecular complexity index is 753. The fraction of sp³-hybridized carbons (Fsp3) is 0.273. The Morgan fingerprint density at radius 2 is 2.05 bits per heavy atom. The number of hydrogen-bond donors (Lipinski definition) is 1. The van der Waals surface area contributed by atoms with E-state index in [1.54, 1.807) is 10.7 Å². The number of benzene rings is 1. The van der Waals surface area contributed by atoms with Crippen molar-refractivity contribution in [3.63, 3.8) is 0 Å². The summed E-state index contributed by atoms with van der Waals surface area (Å²) in [6, 6.07) is 1.65. The molecule has 0 saturated carbocycles. The van der Waals surface area contributed by atoms with Crippen molar-refractivity contribution in [3.8, 4) is 5.69 Å². The lowest BCUT2D eigenvalue weighted by Crippen LogP contribution is -2.11. The third-order valence-corrected chi connectivity index (χ3v) is 3.85. The smallest absolute Gasteiger partial charge is 0.133 e. The molecule has 1 aromatic carbocycles. The summed E-state index contributed by atoms with van der Waals surface area (Å²) in [5.41, 5.74) is 2.73. The van der Waals surface area contributed by atoms with Crippen molar-refractivity contribution >= 4 is 46.0 Å². The van der Waals surface area contributed by atoms with Gasteiger partial charge in [0.25, 0.3) is 0 Å². The van der Waals surface area contributed by atoms with Crippen LogP contribution in [0.25, 0.3) is 16.7 Å². The second-order valence-corrected chi connectivity index (χ2v) is 5.43. The molecule has 0 bridgehead atoms. The summed E-state index contributed by atoms with van der Waals surface area (Å²) in [4.78, 5) is 0. The number of nitrogens with zero attached hydrogens (tertiary/aromatic N) is 5. The first kappa shape index (κ1) is 13.7. The van der Waals surface area contributed by atoms with E-state index in [0.29, 0.717) is 33.3 Å². The fourth-order valence-electron chi connectivity index (χ4n) is 1.82. The Labute approximate surface area is 129 Å². The Morgan fingerprint density at radius 1 is 1.25 bits per heavy atom. The Kier molecular flexibility index (Phi) is 3.84. The molecule has 0 spiro atoms. The van der Waals surface area contributed by atoms with Gasteiger partial charge < -0.3 is 5.32 Å². The van der Waals surface area contributed by atoms with E-state index >= 15 is 0 Å². The molecule has 9 heteroatoms. The molecule has 6 nitrogen and oxygen atoms in total. The molecule has 0 amide bonds. The molecule has 0 fully saturated rings. The van der Waals surface area contributed by atoms with Gasteiger partial charge >= 0.3 is 0 Å². The second kappa shape index (κ2) is 5.61. The van der Waals surface area contributed by atoms with Gasteiger partial charge in [0.1, 0.15) is 16.7 Å². The molecule has 0 radical (unpaired) electrons. The Hall–Kier alpha value is -1.28. The van der Waals surface area contributed by atoms with Gasteiger partial charge in [0.05, 0.1) is 33.7 Å². The zero-order chi connectivity index (χ0) is 14.1. The number of rotatable bonds is 4. The van der Waals surface area contributed by atoms with Gasteiger partial charge in [-0.15, -0.1) is 5.10 Å². The molecule has 104 valence electrons. The van der Waals surface area contributed by atoms with E-state index < -0.39 is 0 Å². The van der Waals surface area contributed by atoms with E-state index in [1.165, 1.54) is 0 Å². The summed E-state index contributed by atoms with van der Waals surface area (Å²) >= 11 is 13.5. The van der Waals surface area contributed by atoms with Crippen LogP contribution in [0.5, 0.6) is 0 Å². The summed E-state index contributed by atoms with van der Waals surface area (Å²) < 4.78 is 10.0. The third-order valence-electron chi connectivity index (χ3n) is 2.74. The standard InChI is InChI=1S/C11H10Cl2N6S/c1-2-14-4-6-5-19(18-15-6)11-8(13)3-7(12)9-10(11)17-20-16-9/h3,5,14H,2,4H2,1H3. The summed E-state index contributed by atoms with van der Waals surface area (Å²) in [6.07, 6.45) is 1.82. The molecule has 0 atom stereocenters. The molecule has 0 saturated heterocycles. The lowest BCUT2D eigenvalue weighted by molar-refractivity contribution is 0.705. The van der Waals surface area contributed by atoms with Crippen molar-refractivity contribution in [3.05, 3.63) is 28.0 Å². The first-order chi connectivity index (χ1) is 9.70. The maximum absolute atomic E-state index is 6.26. The maximum Gasteiger partial charge on any atom is 0.133 e. The molecule has 2 aromatic heterocycles. The summed E-state index contributed by atoms with van der Waals surface area (Å²) in [5.74, 6) is 0. The van der Waals surface area contributed by atoms with Gasteiger partial charge in [-0.1, -0.05) is 35.3 Å². The molecule has 0 aliphatic carbocycles. The minimum Gasteiger partial charge on any atom is -0.311 e. The van der Waals surface area contributed by atoms with Crippen LogP contribution in [-0.2, 0) is 6.54 Å². The average molecular weight is 329 g/mol. The number of fused-ring (bicyclic) bond motifs is 1. The predicted octanol–water partition coefficient (Wildman–Crippen LogP) is 2.69. The van der Waals surface area contributed by atoms with Crippen molar-refractivity contribution in [1.82, 2.24) is 29.1 Å². The molecule has 3 rings (SSSR count). The van der Waals surface area contributed by atoms with Crippen molar-refractivity contribution in [1.29, 1.82) is 0 Å². The van der Waals surface area contributed by atoms with Crippen LogP contribution >= 0.6 is 34.9 Å². The zero-order valence-electron chi connectivity index (χ0n) is 10.5. The maximum atomic E-state index is 6.26. The SMILES string of the molecule is CCNCc1cn(-c2c(Cl)cc(Cl)c3nsnc23)nn1. The minimum atomic E-state index is 0.468. The van der Waals surface area contributed by atoms with Gasteiger partial charge in [0.15, 0.2) is 0 Å². The fourth-order valence-corrected chi connectivity index (χ4v) is 3.02. The topological polar surface area (TPSA) is 68.5 Å². The second-order valence-electron chi connectivity index (χ2n) is 4.09. The molecular formula is C11H10Cl2N6S. The van der Waals surface area contributed by atoms with E-state index in [0.717, 1.165) is 24.0 Å².